The molecule has 0 spiro atoms. The lowest BCUT2D eigenvalue weighted by Gasteiger charge is -2.09. The van der Waals surface area contributed by atoms with Crippen LogP contribution in [0.1, 0.15) is 22.3 Å². The van der Waals surface area contributed by atoms with Crippen LogP contribution in [0.4, 0.5) is 5.69 Å². The summed E-state index contributed by atoms with van der Waals surface area (Å²) in [7, 11) is 1.50. The van der Waals surface area contributed by atoms with Crippen molar-refractivity contribution < 1.29 is 19.5 Å². The van der Waals surface area contributed by atoms with Gasteiger partial charge in [0.2, 0.25) is 5.91 Å². The minimum Gasteiger partial charge on any atom is -0.481 e. The zero-order valence-corrected chi connectivity index (χ0v) is 10.1. The SMILES string of the molecule is CNC(=O)c1ccc(C)c(NC(=O)CC(=O)O)c1. The Morgan fingerprint density at radius 2 is 1.94 bits per heavy atom. The van der Waals surface area contributed by atoms with Crippen molar-refractivity contribution in [3.05, 3.63) is 29.3 Å². The molecule has 0 saturated heterocycles. The molecule has 3 N–H and O–H groups in total. The number of anilines is 1. The summed E-state index contributed by atoms with van der Waals surface area (Å²) in [4.78, 5) is 33.1. The summed E-state index contributed by atoms with van der Waals surface area (Å²) in [5.74, 6) is -2.10. The van der Waals surface area contributed by atoms with Crippen LogP contribution in [-0.2, 0) is 9.59 Å². The summed E-state index contributed by atoms with van der Waals surface area (Å²) in [6.07, 6.45) is -0.607. The zero-order valence-electron chi connectivity index (χ0n) is 10.1. The topological polar surface area (TPSA) is 95.5 Å². The molecule has 0 fully saturated rings. The Morgan fingerprint density at radius 1 is 1.28 bits per heavy atom. The minimum absolute atomic E-state index is 0.274. The van der Waals surface area contributed by atoms with Crippen molar-refractivity contribution in [1.82, 2.24) is 5.32 Å². The Hall–Kier alpha value is -2.37. The fourth-order valence-corrected chi connectivity index (χ4v) is 1.37. The first-order valence-electron chi connectivity index (χ1n) is 5.28. The predicted octanol–water partition coefficient (Wildman–Crippen LogP) is 0.768. The number of carbonyl (C=O) groups is 3. The van der Waals surface area contributed by atoms with Crippen molar-refractivity contribution >= 4 is 23.5 Å². The largest absolute Gasteiger partial charge is 0.481 e. The first kappa shape index (κ1) is 13.7. The summed E-state index contributed by atoms with van der Waals surface area (Å²) in [5.41, 5.74) is 1.58. The Labute approximate surface area is 104 Å². The quantitative estimate of drug-likeness (QED) is 0.688. The van der Waals surface area contributed by atoms with Gasteiger partial charge in [0.1, 0.15) is 6.42 Å². The Morgan fingerprint density at radius 3 is 2.50 bits per heavy atom. The van der Waals surface area contributed by atoms with Gasteiger partial charge in [-0.1, -0.05) is 6.07 Å². The third-order valence-electron chi connectivity index (χ3n) is 2.31. The van der Waals surface area contributed by atoms with E-state index in [9.17, 15) is 14.4 Å². The number of hydrogen-bond acceptors (Lipinski definition) is 3. The zero-order chi connectivity index (χ0) is 13.7. The molecule has 0 aliphatic heterocycles. The normalized spacial score (nSPS) is 9.67. The molecular weight excluding hydrogens is 236 g/mol. The average Bonchev–Trinajstić information content (AvgIpc) is 2.30. The van der Waals surface area contributed by atoms with Crippen LogP contribution in [0, 0.1) is 6.92 Å². The van der Waals surface area contributed by atoms with Crippen LogP contribution in [0.3, 0.4) is 0 Å². The fourth-order valence-electron chi connectivity index (χ4n) is 1.37. The number of benzene rings is 1. The van der Waals surface area contributed by atoms with Crippen molar-refractivity contribution in [2.24, 2.45) is 0 Å². The van der Waals surface area contributed by atoms with E-state index in [1.54, 1.807) is 19.1 Å². The Kier molecular flexibility index (Phi) is 4.42. The standard InChI is InChI=1S/C12H14N2O4/c1-7-3-4-8(12(18)13-2)5-9(7)14-10(15)6-11(16)17/h3-5H,6H2,1-2H3,(H,13,18)(H,14,15)(H,16,17). The summed E-state index contributed by atoms with van der Waals surface area (Å²) in [6.45, 7) is 1.75. The molecular formula is C12H14N2O4. The number of aryl methyl sites for hydroxylation is 1. The molecule has 0 aliphatic carbocycles. The van der Waals surface area contributed by atoms with Crippen molar-refractivity contribution in [2.75, 3.05) is 12.4 Å². The number of hydrogen-bond donors (Lipinski definition) is 3. The molecule has 18 heavy (non-hydrogen) atoms. The number of rotatable bonds is 4. The molecule has 0 atom stereocenters. The second-order valence-electron chi connectivity index (χ2n) is 3.73. The molecule has 1 aromatic carbocycles. The van der Waals surface area contributed by atoms with Crippen LogP contribution >= 0.6 is 0 Å². The molecule has 0 aromatic heterocycles. The molecule has 0 radical (unpaired) electrons. The van der Waals surface area contributed by atoms with Crippen LogP contribution in [0.5, 0.6) is 0 Å². The van der Waals surface area contributed by atoms with Crippen LogP contribution < -0.4 is 10.6 Å². The summed E-state index contributed by atoms with van der Waals surface area (Å²) < 4.78 is 0. The van der Waals surface area contributed by atoms with E-state index in [4.69, 9.17) is 5.11 Å². The second kappa shape index (κ2) is 5.81. The van der Waals surface area contributed by atoms with E-state index in [0.717, 1.165) is 5.56 Å². The van der Waals surface area contributed by atoms with E-state index in [0.29, 0.717) is 11.3 Å². The van der Waals surface area contributed by atoms with Gasteiger partial charge in [0, 0.05) is 18.3 Å². The smallest absolute Gasteiger partial charge is 0.312 e. The summed E-state index contributed by atoms with van der Waals surface area (Å²) in [5, 5.41) is 13.4. The van der Waals surface area contributed by atoms with E-state index in [1.807, 2.05) is 0 Å². The van der Waals surface area contributed by atoms with Gasteiger partial charge in [-0.05, 0) is 24.6 Å². The average molecular weight is 250 g/mol. The Bertz CT molecular complexity index is 497. The number of nitrogens with one attached hydrogen (secondary N) is 2. The third kappa shape index (κ3) is 3.58. The maximum Gasteiger partial charge on any atom is 0.312 e. The molecule has 6 heteroatoms. The van der Waals surface area contributed by atoms with E-state index in [2.05, 4.69) is 10.6 Å². The van der Waals surface area contributed by atoms with Crippen molar-refractivity contribution in [2.45, 2.75) is 13.3 Å². The molecule has 0 aliphatic rings. The van der Waals surface area contributed by atoms with Crippen LogP contribution in [0.25, 0.3) is 0 Å². The first-order valence-corrected chi connectivity index (χ1v) is 5.28. The van der Waals surface area contributed by atoms with E-state index in [1.165, 1.54) is 13.1 Å². The lowest BCUT2D eigenvalue weighted by atomic mass is 10.1. The van der Waals surface area contributed by atoms with Crippen molar-refractivity contribution in [3.63, 3.8) is 0 Å². The molecule has 6 nitrogen and oxygen atoms in total. The highest BCUT2D eigenvalue weighted by molar-refractivity contribution is 6.02. The van der Waals surface area contributed by atoms with Gasteiger partial charge in [0.05, 0.1) is 0 Å². The van der Waals surface area contributed by atoms with E-state index in [-0.39, 0.29) is 5.91 Å². The van der Waals surface area contributed by atoms with Gasteiger partial charge >= 0.3 is 5.97 Å². The van der Waals surface area contributed by atoms with Gasteiger partial charge in [-0.2, -0.15) is 0 Å². The maximum absolute atomic E-state index is 11.4. The fraction of sp³-hybridized carbons (Fsp3) is 0.250. The van der Waals surface area contributed by atoms with Crippen LogP contribution in [0.15, 0.2) is 18.2 Å². The van der Waals surface area contributed by atoms with Gasteiger partial charge in [-0.3, -0.25) is 14.4 Å². The molecule has 0 saturated carbocycles. The number of amides is 2. The highest BCUT2D eigenvalue weighted by Crippen LogP contribution is 2.17. The van der Waals surface area contributed by atoms with Gasteiger partial charge in [0.15, 0.2) is 0 Å². The number of carboxylic acids is 1. The minimum atomic E-state index is -1.20. The molecule has 96 valence electrons. The van der Waals surface area contributed by atoms with Crippen LogP contribution in [-0.4, -0.2) is 29.9 Å². The third-order valence-corrected chi connectivity index (χ3v) is 2.31. The first-order chi connectivity index (χ1) is 8.43. The molecule has 1 rings (SSSR count). The highest BCUT2D eigenvalue weighted by Gasteiger charge is 2.11. The molecule has 0 unspecified atom stereocenters. The van der Waals surface area contributed by atoms with E-state index < -0.39 is 18.3 Å². The van der Waals surface area contributed by atoms with E-state index >= 15 is 0 Å². The highest BCUT2D eigenvalue weighted by atomic mass is 16.4. The van der Waals surface area contributed by atoms with Crippen molar-refractivity contribution in [3.8, 4) is 0 Å². The van der Waals surface area contributed by atoms with Gasteiger partial charge in [-0.15, -0.1) is 0 Å². The Balaban J connectivity index is 2.91. The predicted molar refractivity (Wildman–Crippen MR) is 65.5 cm³/mol. The maximum atomic E-state index is 11.4. The molecule has 1 aromatic rings. The summed E-state index contributed by atoms with van der Waals surface area (Å²) >= 11 is 0. The van der Waals surface area contributed by atoms with Gasteiger partial charge in [0.25, 0.3) is 5.91 Å². The van der Waals surface area contributed by atoms with Gasteiger partial charge in [-0.25, -0.2) is 0 Å². The summed E-state index contributed by atoms with van der Waals surface area (Å²) in [6, 6.07) is 4.82. The second-order valence-corrected chi connectivity index (χ2v) is 3.73. The molecule has 2 amide bonds. The molecule has 0 bridgehead atoms. The molecule has 0 heterocycles. The lowest BCUT2D eigenvalue weighted by Crippen LogP contribution is -2.19. The lowest BCUT2D eigenvalue weighted by molar-refractivity contribution is -0.139. The van der Waals surface area contributed by atoms with Gasteiger partial charge < -0.3 is 15.7 Å². The number of carbonyl (C=O) groups excluding carboxylic acids is 2. The number of aliphatic carboxylic acids is 1. The monoisotopic (exact) mass is 250 g/mol. The van der Waals surface area contributed by atoms with Crippen molar-refractivity contribution in [1.29, 1.82) is 0 Å². The number of carboxylic acid groups (broad SMARTS) is 1. The van der Waals surface area contributed by atoms with Crippen LogP contribution in [0.2, 0.25) is 0 Å².